The summed E-state index contributed by atoms with van der Waals surface area (Å²) in [6.07, 6.45) is 1.77. The summed E-state index contributed by atoms with van der Waals surface area (Å²) in [6.45, 7) is 3.96. The van der Waals surface area contributed by atoms with Crippen LogP contribution in [0.2, 0.25) is 0 Å². The highest BCUT2D eigenvalue weighted by atomic mass is 32.1. The van der Waals surface area contributed by atoms with E-state index in [4.69, 9.17) is 4.74 Å². The molecule has 0 fully saturated rings. The summed E-state index contributed by atoms with van der Waals surface area (Å²) in [6, 6.07) is 5.63. The third kappa shape index (κ3) is 2.91. The Morgan fingerprint density at radius 3 is 2.94 bits per heavy atom. The molecule has 3 nitrogen and oxygen atoms in total. The Morgan fingerprint density at radius 2 is 2.29 bits per heavy atom. The smallest absolute Gasteiger partial charge is 0.163 e. The molecule has 0 unspecified atom stereocenters. The highest BCUT2D eigenvalue weighted by Gasteiger charge is 2.09. The van der Waals surface area contributed by atoms with Gasteiger partial charge in [0.2, 0.25) is 0 Å². The maximum atomic E-state index is 11.5. The van der Waals surface area contributed by atoms with Gasteiger partial charge in [0.05, 0.1) is 16.0 Å². The molecule has 0 N–H and O–H groups in total. The molecule has 0 aliphatic heterocycles. The average molecular weight is 247 g/mol. The summed E-state index contributed by atoms with van der Waals surface area (Å²) in [5.74, 6) is 0.657. The minimum atomic E-state index is 0.0213. The van der Waals surface area contributed by atoms with E-state index in [1.165, 1.54) is 11.3 Å². The van der Waals surface area contributed by atoms with E-state index >= 15 is 0 Å². The lowest BCUT2D eigenvalue weighted by molar-refractivity contribution is 0.101. The third-order valence-corrected chi connectivity index (χ3v) is 3.12. The molecule has 1 aromatic heterocycles. The van der Waals surface area contributed by atoms with Crippen molar-refractivity contribution in [3.05, 3.63) is 45.9 Å². The van der Waals surface area contributed by atoms with E-state index in [2.05, 4.69) is 4.98 Å². The number of thiazole rings is 1. The van der Waals surface area contributed by atoms with E-state index in [1.807, 2.05) is 25.1 Å². The molecule has 2 aromatic rings. The highest BCUT2D eigenvalue weighted by molar-refractivity contribution is 7.09. The number of carbonyl (C=O) groups excluding carboxylic acids is 1. The summed E-state index contributed by atoms with van der Waals surface area (Å²) in [4.78, 5) is 16.5. The van der Waals surface area contributed by atoms with E-state index in [0.717, 1.165) is 10.4 Å². The van der Waals surface area contributed by atoms with E-state index in [-0.39, 0.29) is 5.78 Å². The van der Waals surface area contributed by atoms with Crippen molar-refractivity contribution >= 4 is 17.1 Å². The van der Waals surface area contributed by atoms with Crippen LogP contribution in [-0.4, -0.2) is 10.8 Å². The number of benzene rings is 1. The van der Waals surface area contributed by atoms with Crippen LogP contribution < -0.4 is 4.74 Å². The molecule has 0 aliphatic carbocycles. The molecule has 17 heavy (non-hydrogen) atoms. The maximum absolute atomic E-state index is 11.5. The largest absolute Gasteiger partial charge is 0.487 e. The van der Waals surface area contributed by atoms with Gasteiger partial charge in [0.15, 0.2) is 5.78 Å². The van der Waals surface area contributed by atoms with Crippen LogP contribution in [0.4, 0.5) is 0 Å². The quantitative estimate of drug-likeness (QED) is 0.779. The third-order valence-electron chi connectivity index (χ3n) is 2.37. The van der Waals surface area contributed by atoms with E-state index in [9.17, 15) is 4.79 Å². The van der Waals surface area contributed by atoms with Gasteiger partial charge in [-0.2, -0.15) is 0 Å². The summed E-state index contributed by atoms with van der Waals surface area (Å²) in [5, 5.41) is 0. The van der Waals surface area contributed by atoms with Gasteiger partial charge in [0.1, 0.15) is 12.4 Å². The second-order valence-corrected chi connectivity index (χ2v) is 4.78. The fraction of sp³-hybridized carbons (Fsp3) is 0.231. The lowest BCUT2D eigenvalue weighted by Gasteiger charge is -2.09. The van der Waals surface area contributed by atoms with E-state index < -0.39 is 0 Å². The van der Waals surface area contributed by atoms with Gasteiger partial charge in [-0.05, 0) is 26.0 Å². The molecule has 1 heterocycles. The Bertz CT molecular complexity index is 520. The molecule has 0 atom stereocenters. The van der Waals surface area contributed by atoms with Crippen molar-refractivity contribution in [1.82, 2.24) is 4.98 Å². The topological polar surface area (TPSA) is 39.2 Å². The lowest BCUT2D eigenvalue weighted by Crippen LogP contribution is -2.01. The average Bonchev–Trinajstić information content (AvgIpc) is 2.80. The Kier molecular flexibility index (Phi) is 3.54. The zero-order chi connectivity index (χ0) is 12.3. The molecule has 0 aliphatic rings. The zero-order valence-corrected chi connectivity index (χ0v) is 10.6. The van der Waals surface area contributed by atoms with Gasteiger partial charge in [-0.15, -0.1) is 11.3 Å². The van der Waals surface area contributed by atoms with Crippen LogP contribution in [0.25, 0.3) is 0 Å². The van der Waals surface area contributed by atoms with Crippen molar-refractivity contribution in [2.45, 2.75) is 20.5 Å². The Labute approximate surface area is 104 Å². The second kappa shape index (κ2) is 5.10. The minimum absolute atomic E-state index is 0.0213. The summed E-state index contributed by atoms with van der Waals surface area (Å²) in [5.41, 5.74) is 3.45. The highest BCUT2D eigenvalue weighted by Crippen LogP contribution is 2.22. The van der Waals surface area contributed by atoms with Gasteiger partial charge in [-0.3, -0.25) is 9.78 Å². The molecule has 0 amide bonds. The number of Topliss-reactive ketones (excluding diaryl/α,β-unsaturated/α-hetero) is 1. The van der Waals surface area contributed by atoms with Crippen LogP contribution in [0.5, 0.6) is 5.75 Å². The molecule has 0 spiro atoms. The van der Waals surface area contributed by atoms with Crippen LogP contribution in [0.3, 0.4) is 0 Å². The monoisotopic (exact) mass is 247 g/mol. The fourth-order valence-corrected chi connectivity index (χ4v) is 2.01. The Hall–Kier alpha value is -1.68. The molecule has 0 bridgehead atoms. The first kappa shape index (κ1) is 11.8. The second-order valence-electron chi connectivity index (χ2n) is 3.81. The van der Waals surface area contributed by atoms with Crippen LogP contribution in [-0.2, 0) is 6.61 Å². The number of ether oxygens (including phenoxy) is 1. The summed E-state index contributed by atoms with van der Waals surface area (Å²) in [7, 11) is 0. The van der Waals surface area contributed by atoms with E-state index in [1.54, 1.807) is 18.6 Å². The Morgan fingerprint density at radius 1 is 1.47 bits per heavy atom. The molecule has 0 radical (unpaired) electrons. The molecule has 2 rings (SSSR count). The van der Waals surface area contributed by atoms with Gasteiger partial charge in [0, 0.05) is 6.20 Å². The number of rotatable bonds is 4. The summed E-state index contributed by atoms with van der Waals surface area (Å²) < 4.78 is 5.65. The van der Waals surface area contributed by atoms with Crippen molar-refractivity contribution < 1.29 is 9.53 Å². The number of hydrogen-bond donors (Lipinski definition) is 0. The maximum Gasteiger partial charge on any atom is 0.163 e. The van der Waals surface area contributed by atoms with Crippen LogP contribution in [0.15, 0.2) is 29.9 Å². The lowest BCUT2D eigenvalue weighted by atomic mass is 10.1. The number of carbonyl (C=O) groups is 1. The number of hydrogen-bond acceptors (Lipinski definition) is 4. The number of aryl methyl sites for hydroxylation is 1. The zero-order valence-electron chi connectivity index (χ0n) is 9.77. The van der Waals surface area contributed by atoms with Crippen LogP contribution in [0.1, 0.15) is 27.7 Å². The normalized spacial score (nSPS) is 10.2. The first-order chi connectivity index (χ1) is 8.16. The molecule has 4 heteroatoms. The SMILES string of the molecule is CC(=O)c1cc(C)ccc1OCc1cncs1. The van der Waals surface area contributed by atoms with Crippen molar-refractivity contribution in [3.63, 3.8) is 0 Å². The molecule has 0 saturated carbocycles. The molecular formula is C13H13NO2S. The van der Waals surface area contributed by atoms with Crippen molar-refractivity contribution in [3.8, 4) is 5.75 Å². The van der Waals surface area contributed by atoms with Gasteiger partial charge >= 0.3 is 0 Å². The first-order valence-electron chi connectivity index (χ1n) is 5.28. The molecule has 88 valence electrons. The fourth-order valence-electron chi connectivity index (χ4n) is 1.51. The number of nitrogens with zero attached hydrogens (tertiary/aromatic N) is 1. The molecule has 0 saturated heterocycles. The van der Waals surface area contributed by atoms with Crippen molar-refractivity contribution in [2.24, 2.45) is 0 Å². The van der Waals surface area contributed by atoms with Gasteiger partial charge < -0.3 is 4.74 Å². The van der Waals surface area contributed by atoms with Crippen LogP contribution in [0, 0.1) is 6.92 Å². The van der Waals surface area contributed by atoms with Crippen molar-refractivity contribution in [2.75, 3.05) is 0 Å². The predicted octanol–water partition coefficient (Wildman–Crippen LogP) is 3.23. The Balaban J connectivity index is 2.17. The first-order valence-corrected chi connectivity index (χ1v) is 6.16. The van der Waals surface area contributed by atoms with Crippen molar-refractivity contribution in [1.29, 1.82) is 0 Å². The molecular weight excluding hydrogens is 234 g/mol. The number of aromatic nitrogens is 1. The predicted molar refractivity (Wildman–Crippen MR) is 67.6 cm³/mol. The minimum Gasteiger partial charge on any atom is -0.487 e. The van der Waals surface area contributed by atoms with Gasteiger partial charge in [-0.1, -0.05) is 11.6 Å². The van der Waals surface area contributed by atoms with Gasteiger partial charge in [0.25, 0.3) is 0 Å². The van der Waals surface area contributed by atoms with E-state index in [0.29, 0.717) is 17.9 Å². The molecule has 1 aromatic carbocycles. The number of ketones is 1. The van der Waals surface area contributed by atoms with Crippen LogP contribution >= 0.6 is 11.3 Å². The standard InChI is InChI=1S/C13H13NO2S/c1-9-3-4-13(12(5-9)10(2)15)16-7-11-6-14-8-17-11/h3-6,8H,7H2,1-2H3. The van der Waals surface area contributed by atoms with Gasteiger partial charge in [-0.25, -0.2) is 0 Å². The summed E-state index contributed by atoms with van der Waals surface area (Å²) >= 11 is 1.54.